The Hall–Kier alpha value is -3.81. The van der Waals surface area contributed by atoms with Crippen molar-refractivity contribution in [1.29, 1.82) is 0 Å². The standard InChI is InChI=1S/C23H23N5O3/c1-30-16-5-3-15(4-6-16)23(29)28-11-9-27(10-12-28)22-21-20(24-14-25-22)18-13-17(31-2)7-8-19(18)26-21/h3-8,13-14,26H,9-12H2,1-2H3. The number of aromatic nitrogens is 3. The van der Waals surface area contributed by atoms with Crippen LogP contribution in [-0.4, -0.2) is 66.2 Å². The molecule has 2 aromatic carbocycles. The molecule has 8 heteroatoms. The Morgan fingerprint density at radius 2 is 1.65 bits per heavy atom. The number of nitrogens with one attached hydrogen (secondary N) is 1. The molecule has 0 aliphatic carbocycles. The first-order valence-corrected chi connectivity index (χ1v) is 10.2. The Morgan fingerprint density at radius 1 is 0.935 bits per heavy atom. The molecule has 1 aliphatic heterocycles. The fourth-order valence-corrected chi connectivity index (χ4v) is 4.06. The number of hydrogen-bond donors (Lipinski definition) is 1. The van der Waals surface area contributed by atoms with E-state index in [-0.39, 0.29) is 5.91 Å². The van der Waals surface area contributed by atoms with Crippen molar-refractivity contribution in [2.75, 3.05) is 45.3 Å². The van der Waals surface area contributed by atoms with E-state index in [0.29, 0.717) is 31.7 Å². The predicted octanol–water partition coefficient (Wildman–Crippen LogP) is 3.09. The smallest absolute Gasteiger partial charge is 0.253 e. The van der Waals surface area contributed by atoms with Gasteiger partial charge < -0.3 is 24.3 Å². The Morgan fingerprint density at radius 3 is 2.35 bits per heavy atom. The average molecular weight is 417 g/mol. The Balaban J connectivity index is 1.37. The number of aromatic amines is 1. The van der Waals surface area contributed by atoms with Crippen LogP contribution in [0.15, 0.2) is 48.8 Å². The van der Waals surface area contributed by atoms with E-state index in [0.717, 1.165) is 39.3 Å². The van der Waals surface area contributed by atoms with Gasteiger partial charge in [-0.15, -0.1) is 0 Å². The number of nitrogens with zero attached hydrogens (tertiary/aromatic N) is 4. The summed E-state index contributed by atoms with van der Waals surface area (Å²) in [4.78, 5) is 29.4. The van der Waals surface area contributed by atoms with Gasteiger partial charge in [0, 0.05) is 42.6 Å². The predicted molar refractivity (Wildman–Crippen MR) is 119 cm³/mol. The highest BCUT2D eigenvalue weighted by molar-refractivity contribution is 6.08. The summed E-state index contributed by atoms with van der Waals surface area (Å²) in [5.41, 5.74) is 3.44. The number of hydrogen-bond acceptors (Lipinski definition) is 6. The minimum Gasteiger partial charge on any atom is -0.497 e. The van der Waals surface area contributed by atoms with E-state index in [2.05, 4.69) is 19.9 Å². The number of methoxy groups -OCH3 is 2. The van der Waals surface area contributed by atoms with E-state index in [1.807, 2.05) is 35.2 Å². The molecular weight excluding hydrogens is 394 g/mol. The summed E-state index contributed by atoms with van der Waals surface area (Å²) < 4.78 is 10.5. The number of amides is 1. The summed E-state index contributed by atoms with van der Waals surface area (Å²) in [5.74, 6) is 2.42. The van der Waals surface area contributed by atoms with Gasteiger partial charge in [-0.2, -0.15) is 0 Å². The Bertz CT molecular complexity index is 1240. The van der Waals surface area contributed by atoms with Crippen LogP contribution in [0.4, 0.5) is 5.82 Å². The Labute approximate surface area is 179 Å². The fourth-order valence-electron chi connectivity index (χ4n) is 4.06. The number of rotatable bonds is 4. The molecule has 1 amide bonds. The van der Waals surface area contributed by atoms with E-state index < -0.39 is 0 Å². The largest absolute Gasteiger partial charge is 0.497 e. The molecule has 1 fully saturated rings. The molecule has 0 unspecified atom stereocenters. The number of ether oxygens (including phenoxy) is 2. The van der Waals surface area contributed by atoms with Crippen LogP contribution < -0.4 is 14.4 Å². The maximum absolute atomic E-state index is 12.9. The van der Waals surface area contributed by atoms with Crippen molar-refractivity contribution >= 4 is 33.7 Å². The summed E-state index contributed by atoms with van der Waals surface area (Å²) in [5, 5.41) is 1.01. The molecule has 0 radical (unpaired) electrons. The second kappa shape index (κ2) is 7.79. The van der Waals surface area contributed by atoms with Gasteiger partial charge in [-0.1, -0.05) is 0 Å². The SMILES string of the molecule is COc1ccc(C(=O)N2CCN(c3ncnc4c3[nH]c3ccc(OC)cc34)CC2)cc1. The van der Waals surface area contributed by atoms with Crippen LogP contribution >= 0.6 is 0 Å². The molecule has 1 saturated heterocycles. The Kier molecular flexibility index (Phi) is 4.82. The normalized spacial score (nSPS) is 14.3. The van der Waals surface area contributed by atoms with Gasteiger partial charge in [0.15, 0.2) is 5.82 Å². The third-order valence-electron chi connectivity index (χ3n) is 5.77. The first-order chi connectivity index (χ1) is 15.2. The summed E-state index contributed by atoms with van der Waals surface area (Å²) in [7, 11) is 3.27. The van der Waals surface area contributed by atoms with Gasteiger partial charge >= 0.3 is 0 Å². The van der Waals surface area contributed by atoms with Crippen molar-refractivity contribution in [3.63, 3.8) is 0 Å². The van der Waals surface area contributed by atoms with Gasteiger partial charge in [-0.05, 0) is 42.5 Å². The summed E-state index contributed by atoms with van der Waals surface area (Å²) in [6.45, 7) is 2.66. The van der Waals surface area contributed by atoms with Crippen LogP contribution in [-0.2, 0) is 0 Å². The quantitative estimate of drug-likeness (QED) is 0.549. The maximum Gasteiger partial charge on any atom is 0.253 e. The lowest BCUT2D eigenvalue weighted by molar-refractivity contribution is 0.0746. The minimum absolute atomic E-state index is 0.0350. The number of anilines is 1. The third kappa shape index (κ3) is 3.39. The molecule has 0 atom stereocenters. The zero-order chi connectivity index (χ0) is 21.4. The zero-order valence-electron chi connectivity index (χ0n) is 17.5. The van der Waals surface area contributed by atoms with Gasteiger partial charge in [0.1, 0.15) is 28.9 Å². The van der Waals surface area contributed by atoms with E-state index in [4.69, 9.17) is 9.47 Å². The number of fused-ring (bicyclic) bond motifs is 3. The van der Waals surface area contributed by atoms with Crippen LogP contribution in [0.25, 0.3) is 21.9 Å². The van der Waals surface area contributed by atoms with Crippen LogP contribution in [0.3, 0.4) is 0 Å². The molecule has 0 spiro atoms. The van der Waals surface area contributed by atoms with Crippen LogP contribution in [0.5, 0.6) is 11.5 Å². The zero-order valence-corrected chi connectivity index (χ0v) is 17.5. The second-order valence-electron chi connectivity index (χ2n) is 7.47. The van der Waals surface area contributed by atoms with E-state index in [1.54, 1.807) is 32.7 Å². The molecule has 8 nitrogen and oxygen atoms in total. The molecule has 31 heavy (non-hydrogen) atoms. The first-order valence-electron chi connectivity index (χ1n) is 10.2. The number of H-pyrrole nitrogens is 1. The summed E-state index contributed by atoms with van der Waals surface area (Å²) in [6.07, 6.45) is 1.60. The first kappa shape index (κ1) is 19.2. The number of carbonyl (C=O) groups is 1. The van der Waals surface area contributed by atoms with Crippen molar-refractivity contribution < 1.29 is 14.3 Å². The summed E-state index contributed by atoms with van der Waals surface area (Å²) in [6, 6.07) is 13.1. The molecule has 1 aliphatic rings. The van der Waals surface area contributed by atoms with E-state index in [9.17, 15) is 4.79 Å². The van der Waals surface area contributed by atoms with E-state index >= 15 is 0 Å². The van der Waals surface area contributed by atoms with Crippen molar-refractivity contribution in [3.8, 4) is 11.5 Å². The average Bonchev–Trinajstić information content (AvgIpc) is 3.21. The van der Waals surface area contributed by atoms with Crippen molar-refractivity contribution in [2.24, 2.45) is 0 Å². The molecule has 5 rings (SSSR count). The fraction of sp³-hybridized carbons (Fsp3) is 0.261. The van der Waals surface area contributed by atoms with Crippen molar-refractivity contribution in [1.82, 2.24) is 19.9 Å². The van der Waals surface area contributed by atoms with Crippen molar-refractivity contribution in [2.45, 2.75) is 0 Å². The van der Waals surface area contributed by atoms with Crippen molar-refractivity contribution in [3.05, 3.63) is 54.4 Å². The minimum atomic E-state index is 0.0350. The van der Waals surface area contributed by atoms with E-state index in [1.165, 1.54) is 0 Å². The topological polar surface area (TPSA) is 83.6 Å². The summed E-state index contributed by atoms with van der Waals surface area (Å²) >= 11 is 0. The molecule has 3 heterocycles. The van der Waals surface area contributed by atoms with Crippen LogP contribution in [0, 0.1) is 0 Å². The molecule has 1 N–H and O–H groups in total. The third-order valence-corrected chi connectivity index (χ3v) is 5.77. The van der Waals surface area contributed by atoms with Crippen LogP contribution in [0.1, 0.15) is 10.4 Å². The van der Waals surface area contributed by atoms with Gasteiger partial charge in [0.2, 0.25) is 0 Å². The highest BCUT2D eigenvalue weighted by Gasteiger charge is 2.25. The molecule has 158 valence electrons. The molecule has 2 aromatic heterocycles. The maximum atomic E-state index is 12.9. The molecular formula is C23H23N5O3. The highest BCUT2D eigenvalue weighted by Crippen LogP contribution is 2.31. The lowest BCUT2D eigenvalue weighted by Gasteiger charge is -2.35. The van der Waals surface area contributed by atoms with Gasteiger partial charge in [-0.3, -0.25) is 4.79 Å². The second-order valence-corrected chi connectivity index (χ2v) is 7.47. The molecule has 0 saturated carbocycles. The molecule has 4 aromatic rings. The van der Waals surface area contributed by atoms with Gasteiger partial charge in [0.05, 0.1) is 14.2 Å². The van der Waals surface area contributed by atoms with Gasteiger partial charge in [-0.25, -0.2) is 9.97 Å². The van der Waals surface area contributed by atoms with Crippen LogP contribution in [0.2, 0.25) is 0 Å². The number of carbonyl (C=O) groups excluding carboxylic acids is 1. The highest BCUT2D eigenvalue weighted by atomic mass is 16.5. The number of benzene rings is 2. The van der Waals surface area contributed by atoms with Gasteiger partial charge in [0.25, 0.3) is 5.91 Å². The number of piperazine rings is 1. The molecule has 0 bridgehead atoms. The lowest BCUT2D eigenvalue weighted by Crippen LogP contribution is -2.49. The monoisotopic (exact) mass is 417 g/mol. The lowest BCUT2D eigenvalue weighted by atomic mass is 10.1.